The van der Waals surface area contributed by atoms with Crippen molar-refractivity contribution in [1.82, 2.24) is 74.3 Å². The number of aliphatic hydroxyl groups excluding tert-OH is 1. The molecule has 120 heavy (non-hydrogen) atoms. The molecule has 0 bridgehead atoms. The Labute approximate surface area is 699 Å². The third kappa shape index (κ3) is 21.4. The van der Waals surface area contributed by atoms with E-state index in [2.05, 4.69) is 54.2 Å². The first-order chi connectivity index (χ1) is 57.6. The van der Waals surface area contributed by atoms with Crippen LogP contribution in [0.1, 0.15) is 144 Å². The highest BCUT2D eigenvalue weighted by atomic mass is 32.2. The number of halogens is 3. The summed E-state index contributed by atoms with van der Waals surface area (Å²) in [6.45, 7) is 16.3. The van der Waals surface area contributed by atoms with Gasteiger partial charge in [0.25, 0.3) is 0 Å². The van der Waals surface area contributed by atoms with Gasteiger partial charge in [-0.15, -0.1) is 0 Å². The van der Waals surface area contributed by atoms with Crippen molar-refractivity contribution in [2.24, 2.45) is 5.92 Å². The van der Waals surface area contributed by atoms with Crippen molar-refractivity contribution in [2.75, 3.05) is 152 Å². The first-order valence-corrected chi connectivity index (χ1v) is 46.1. The molecule has 642 valence electrons. The predicted molar refractivity (Wildman–Crippen MR) is 456 cm³/mol. The zero-order chi connectivity index (χ0) is 84.6. The Morgan fingerprint density at radius 2 is 0.842 bits per heavy atom. The van der Waals surface area contributed by atoms with Gasteiger partial charge in [0, 0.05) is 198 Å². The second-order valence-corrected chi connectivity index (χ2v) is 37.7. The van der Waals surface area contributed by atoms with E-state index in [0.717, 1.165) is 179 Å². The normalized spacial score (nSPS) is 18.1. The summed E-state index contributed by atoms with van der Waals surface area (Å²) in [6.07, 6.45) is 24.8. The number of benzene rings is 3. The molecular weight excluding hydrogens is 1580 g/mol. The monoisotopic (exact) mass is 1690 g/mol. The Hall–Kier alpha value is -9.71. The van der Waals surface area contributed by atoms with Crippen molar-refractivity contribution in [2.45, 2.75) is 159 Å². The second-order valence-electron chi connectivity index (χ2n) is 33.5. The van der Waals surface area contributed by atoms with Gasteiger partial charge in [-0.3, -0.25) is 24.3 Å². The molecule has 29 nitrogen and oxygen atoms in total. The summed E-state index contributed by atoms with van der Waals surface area (Å²) < 4.78 is 105. The number of methoxy groups -OCH3 is 2. The van der Waals surface area contributed by atoms with Crippen molar-refractivity contribution >= 4 is 88.0 Å². The Balaban J connectivity index is 0.000000148. The number of piperazine rings is 1. The molecule has 2 amide bonds. The van der Waals surface area contributed by atoms with E-state index in [-0.39, 0.29) is 70.4 Å². The third-order valence-corrected chi connectivity index (χ3v) is 25.6. The molecule has 0 unspecified atom stereocenters. The van der Waals surface area contributed by atoms with Crippen LogP contribution in [0.3, 0.4) is 0 Å². The molecule has 0 radical (unpaired) electrons. The van der Waals surface area contributed by atoms with Gasteiger partial charge < -0.3 is 49.9 Å². The van der Waals surface area contributed by atoms with E-state index >= 15 is 8.78 Å². The number of nitrogen functional groups attached to an aromatic ring is 1. The molecule has 0 aliphatic carbocycles. The summed E-state index contributed by atoms with van der Waals surface area (Å²) in [5, 5.41) is 21.3. The third-order valence-electron chi connectivity index (χ3n) is 24.0. The molecule has 4 N–H and O–H groups in total. The Bertz CT molecular complexity index is 5400. The fourth-order valence-electron chi connectivity index (χ4n) is 17.7. The highest BCUT2D eigenvalue weighted by Crippen LogP contribution is 2.40. The number of pyridine rings is 2. The number of carbonyl (C=O) groups excluding carboxylic acids is 2. The number of piperidine rings is 6. The van der Waals surface area contributed by atoms with E-state index in [0.29, 0.717) is 148 Å². The second kappa shape index (κ2) is 38.1. The van der Waals surface area contributed by atoms with Crippen LogP contribution in [0, 0.1) is 23.4 Å². The number of ether oxygens (including phenoxy) is 2. The van der Waals surface area contributed by atoms with Crippen LogP contribution in [-0.4, -0.2) is 256 Å². The quantitative estimate of drug-likeness (QED) is 0.0602. The number of nitrogens with zero attached hydrogens (tertiary/aromatic N) is 18. The van der Waals surface area contributed by atoms with Gasteiger partial charge in [0.05, 0.1) is 65.0 Å². The number of hydrogen-bond acceptors (Lipinski definition) is 27. The number of carbonyl (C=O) groups is 2. The van der Waals surface area contributed by atoms with Crippen molar-refractivity contribution in [1.29, 1.82) is 0 Å². The van der Waals surface area contributed by atoms with Gasteiger partial charge in [0.15, 0.2) is 19.7 Å². The van der Waals surface area contributed by atoms with E-state index in [1.54, 1.807) is 54.0 Å². The fourth-order valence-corrected chi connectivity index (χ4v) is 19.3. The highest BCUT2D eigenvalue weighted by molar-refractivity contribution is 7.90. The molecule has 9 aromatic rings. The van der Waals surface area contributed by atoms with E-state index in [1.807, 2.05) is 13.8 Å². The summed E-state index contributed by atoms with van der Waals surface area (Å²) >= 11 is 0. The van der Waals surface area contributed by atoms with Crippen LogP contribution in [0.4, 0.5) is 37.0 Å². The van der Waals surface area contributed by atoms with E-state index < -0.39 is 31.9 Å². The Morgan fingerprint density at radius 1 is 0.475 bits per heavy atom. The maximum Gasteiger partial charge on any atom is 0.248 e. The van der Waals surface area contributed by atoms with E-state index in [1.165, 1.54) is 57.4 Å². The molecule has 13 heterocycles. The summed E-state index contributed by atoms with van der Waals surface area (Å²) in [5.74, 6) is 1.04. The number of anilines is 4. The number of rotatable bonds is 21. The lowest BCUT2D eigenvalue weighted by atomic mass is 9.83. The van der Waals surface area contributed by atoms with Crippen LogP contribution in [0.5, 0.6) is 11.8 Å². The van der Waals surface area contributed by atoms with Crippen LogP contribution in [-0.2, 0) is 60.4 Å². The molecule has 7 aliphatic rings. The summed E-state index contributed by atoms with van der Waals surface area (Å²) in [5.41, 5.74) is 13.6. The topological polar surface area (TPSA) is 342 Å². The summed E-state index contributed by atoms with van der Waals surface area (Å²) in [7, 11) is -3.82. The molecule has 16 rings (SSSR count). The molecular formula is C86H110F3N19O10S2. The largest absolute Gasteiger partial charge is 0.481 e. The maximum absolute atomic E-state index is 15.3. The lowest BCUT2D eigenvalue weighted by Crippen LogP contribution is -2.49. The molecule has 7 saturated heterocycles. The minimum absolute atomic E-state index is 0.161. The maximum atomic E-state index is 15.3. The Morgan fingerprint density at radius 3 is 1.21 bits per heavy atom. The van der Waals surface area contributed by atoms with Crippen molar-refractivity contribution in [3.63, 3.8) is 0 Å². The first kappa shape index (κ1) is 86.7. The molecule has 3 aromatic carbocycles. The average molecular weight is 1690 g/mol. The van der Waals surface area contributed by atoms with Crippen LogP contribution in [0.2, 0.25) is 0 Å². The molecule has 7 fully saturated rings. The summed E-state index contributed by atoms with van der Waals surface area (Å²) in [6, 6.07) is 12.8. The number of fused-ring (bicyclic) bond motifs is 3. The van der Waals surface area contributed by atoms with Crippen LogP contribution >= 0.6 is 0 Å². The van der Waals surface area contributed by atoms with Gasteiger partial charge in [-0.25, -0.2) is 79.8 Å². The van der Waals surface area contributed by atoms with Gasteiger partial charge in [-0.2, -0.15) is 0 Å². The van der Waals surface area contributed by atoms with Crippen molar-refractivity contribution < 1.29 is 59.3 Å². The fraction of sp³-hybridized carbons (Fsp3) is 0.535. The standard InChI is InChI=1S/C32H41FN6O4S.C30H40FN5O4S.C24H29FN8O2/c1-43-31-24(21-44(2,41)42)16-22(19-34-31)29-27-18-25(33)17-23(30(27)36-32(35-29)38-11-5-3-6-12-38)20-37-14-9-26(10-15-37)39-13-7-4-8-28(39)40;1-30(2,37)23-8-12-35(13-9-23)18-21-15-24(31)16-25-26(33-29(34-27(21)25)36-10-6-5-7-11-36)20-14-22(19-41(4,38)39)28(40-3)32-17-20;25-18-10-16(14-31-6-8-32(9-7-31)20(35)15-34)21-19(11-18)22(17-12-27-23(26)28-13-17)30-24(29-21)33-4-2-1-3-5-33/h16-19,26H,3-15,20-21H2,1-2H3;14-17,23,37H,5-13,18-19H2,1-4H3;10-13,34H,1-9,14-15H2,(H2,26,27,28). The predicted octanol–water partition coefficient (Wildman–Crippen LogP) is 10.1. The van der Waals surface area contributed by atoms with Crippen LogP contribution in [0.15, 0.2) is 73.3 Å². The van der Waals surface area contributed by atoms with Crippen molar-refractivity contribution in [3.05, 3.63) is 119 Å². The molecule has 6 aromatic heterocycles. The minimum atomic E-state index is -3.37. The van der Waals surface area contributed by atoms with E-state index in [4.69, 9.17) is 50.2 Å². The Kier molecular flexibility index (Phi) is 27.6. The number of nitrogens with two attached hydrogens (primary N) is 1. The molecule has 34 heteroatoms. The lowest BCUT2D eigenvalue weighted by Gasteiger charge is -2.40. The number of hydrogen-bond donors (Lipinski definition) is 3. The smallest absolute Gasteiger partial charge is 0.248 e. The molecule has 7 aliphatic heterocycles. The number of aliphatic hydroxyl groups is 2. The minimum Gasteiger partial charge on any atom is -0.481 e. The van der Waals surface area contributed by atoms with Crippen molar-refractivity contribution in [3.8, 4) is 45.5 Å². The molecule has 0 atom stereocenters. The number of likely N-dealkylation sites (tertiary alicyclic amines) is 3. The van der Waals surface area contributed by atoms with Gasteiger partial charge in [-0.1, -0.05) is 0 Å². The van der Waals surface area contributed by atoms with Gasteiger partial charge >= 0.3 is 0 Å². The van der Waals surface area contributed by atoms with E-state index in [9.17, 15) is 35.9 Å². The van der Waals surface area contributed by atoms with Crippen LogP contribution < -0.4 is 29.9 Å². The zero-order valence-corrected chi connectivity index (χ0v) is 71.1. The van der Waals surface area contributed by atoms with Gasteiger partial charge in [0.2, 0.25) is 47.4 Å². The lowest BCUT2D eigenvalue weighted by molar-refractivity contribution is -0.137. The highest BCUT2D eigenvalue weighted by Gasteiger charge is 2.34. The average Bonchev–Trinajstić information content (AvgIpc) is 0.770. The van der Waals surface area contributed by atoms with Crippen LogP contribution in [0.25, 0.3) is 66.5 Å². The van der Waals surface area contributed by atoms with Gasteiger partial charge in [-0.05, 0) is 194 Å². The van der Waals surface area contributed by atoms with Gasteiger partial charge in [0.1, 0.15) is 24.1 Å². The summed E-state index contributed by atoms with van der Waals surface area (Å²) in [4.78, 5) is 88.0. The molecule has 0 spiro atoms. The zero-order valence-electron chi connectivity index (χ0n) is 69.5. The first-order valence-electron chi connectivity index (χ1n) is 41.9. The SMILES string of the molecule is COc1ncc(-c2nc(N3CCCCC3)nc3c(CN4CCC(C(C)(C)O)CC4)cc(F)cc23)cc1CS(C)(=O)=O.COc1ncc(-c2nc(N3CCCCC3)nc3c(CN4CCC(N5CCCCC5=O)CC4)cc(F)cc23)cc1CS(C)(=O)=O.Nc1ncc(-c2nc(N3CCCCC3)nc3c(CN4CCN(C(=O)CO)CC4)cc(F)cc23)cn1. The number of sulfone groups is 2. The molecule has 0 saturated carbocycles. The number of amides is 2. The number of aromatic nitrogens is 10.